The van der Waals surface area contributed by atoms with E-state index in [1.807, 2.05) is 52.9 Å². The fourth-order valence-corrected chi connectivity index (χ4v) is 1.96. The number of carbonyl (C=O) groups excluding carboxylic acids is 2. The third kappa shape index (κ3) is 4.58. The second-order valence-electron chi connectivity index (χ2n) is 6.20. The second kappa shape index (κ2) is 5.63. The van der Waals surface area contributed by atoms with Crippen molar-refractivity contribution in [3.8, 4) is 0 Å². The fraction of sp³-hybridized carbons (Fsp3) is 0.714. The van der Waals surface area contributed by atoms with Crippen molar-refractivity contribution in [3.05, 3.63) is 11.8 Å². The number of rotatable bonds is 1. The van der Waals surface area contributed by atoms with Crippen LogP contribution in [-0.2, 0) is 9.53 Å². The van der Waals surface area contributed by atoms with E-state index in [2.05, 4.69) is 0 Å². The van der Waals surface area contributed by atoms with Gasteiger partial charge in [0.05, 0.1) is 6.54 Å². The number of Topliss-reactive ketones (excluding diaryl/α,β-unsaturated/α-hetero) is 1. The summed E-state index contributed by atoms with van der Waals surface area (Å²) in [5, 5.41) is 0. The average molecular weight is 268 g/mol. The maximum atomic E-state index is 12.0. The van der Waals surface area contributed by atoms with Gasteiger partial charge in [-0.05, 0) is 34.1 Å². The standard InChI is InChI=1S/C14H24N2O3/c1-10-7-11(8-15(5)6)12(17)9-16(10)13(18)19-14(2,3)4/h8,10H,7,9H2,1-6H3/b11-8+/t10-/m1/s1. The van der Waals surface area contributed by atoms with Crippen LogP contribution < -0.4 is 0 Å². The van der Waals surface area contributed by atoms with Crippen LogP contribution >= 0.6 is 0 Å². The van der Waals surface area contributed by atoms with Crippen molar-refractivity contribution < 1.29 is 14.3 Å². The number of ether oxygens (including phenoxy) is 1. The topological polar surface area (TPSA) is 49.9 Å². The Balaban J connectivity index is 2.76. The van der Waals surface area contributed by atoms with E-state index >= 15 is 0 Å². The van der Waals surface area contributed by atoms with Gasteiger partial charge in [0.1, 0.15) is 5.60 Å². The lowest BCUT2D eigenvalue weighted by Crippen LogP contribution is -2.48. The lowest BCUT2D eigenvalue weighted by atomic mass is 9.97. The lowest BCUT2D eigenvalue weighted by molar-refractivity contribution is -0.119. The van der Waals surface area contributed by atoms with Gasteiger partial charge in [0.25, 0.3) is 0 Å². The molecule has 0 aromatic rings. The Labute approximate surface area is 115 Å². The minimum absolute atomic E-state index is 0.0161. The number of hydrogen-bond donors (Lipinski definition) is 0. The molecule has 0 aromatic heterocycles. The largest absolute Gasteiger partial charge is 0.444 e. The third-order valence-electron chi connectivity index (χ3n) is 2.76. The summed E-state index contributed by atoms with van der Waals surface area (Å²) in [4.78, 5) is 27.4. The van der Waals surface area contributed by atoms with E-state index < -0.39 is 11.7 Å². The molecule has 1 aliphatic heterocycles. The van der Waals surface area contributed by atoms with Crippen LogP contribution in [0.4, 0.5) is 4.79 Å². The van der Waals surface area contributed by atoms with Crippen molar-refractivity contribution >= 4 is 11.9 Å². The molecule has 0 aromatic carbocycles. The first-order chi connectivity index (χ1) is 8.60. The third-order valence-corrected chi connectivity index (χ3v) is 2.76. The summed E-state index contributed by atoms with van der Waals surface area (Å²) < 4.78 is 5.32. The molecular weight excluding hydrogens is 244 g/mol. The van der Waals surface area contributed by atoms with Gasteiger partial charge in [-0.1, -0.05) is 0 Å². The van der Waals surface area contributed by atoms with Gasteiger partial charge in [-0.3, -0.25) is 9.69 Å². The number of ketones is 1. The first-order valence-electron chi connectivity index (χ1n) is 6.50. The SMILES string of the molecule is C[C@@H]1C/C(=C\N(C)C)C(=O)CN1C(=O)OC(C)(C)C. The molecule has 1 rings (SSSR count). The number of likely N-dealkylation sites (tertiary alicyclic amines) is 1. The summed E-state index contributed by atoms with van der Waals surface area (Å²) in [6.07, 6.45) is 1.97. The van der Waals surface area contributed by atoms with Crippen molar-refractivity contribution in [3.63, 3.8) is 0 Å². The van der Waals surface area contributed by atoms with E-state index in [0.717, 1.165) is 5.57 Å². The number of amides is 1. The number of piperidine rings is 1. The van der Waals surface area contributed by atoms with Crippen molar-refractivity contribution in [2.75, 3.05) is 20.6 Å². The van der Waals surface area contributed by atoms with Crippen LogP contribution in [-0.4, -0.2) is 54.0 Å². The zero-order valence-corrected chi connectivity index (χ0v) is 12.7. The molecule has 1 amide bonds. The van der Waals surface area contributed by atoms with Crippen LogP contribution in [0, 0.1) is 0 Å². The summed E-state index contributed by atoms with van der Waals surface area (Å²) in [6, 6.07) is -0.0289. The minimum Gasteiger partial charge on any atom is -0.444 e. The van der Waals surface area contributed by atoms with Gasteiger partial charge < -0.3 is 9.64 Å². The van der Waals surface area contributed by atoms with Gasteiger partial charge in [0, 0.05) is 31.9 Å². The zero-order valence-electron chi connectivity index (χ0n) is 12.7. The molecule has 19 heavy (non-hydrogen) atoms. The molecule has 1 heterocycles. The molecule has 5 heteroatoms. The summed E-state index contributed by atoms with van der Waals surface area (Å²) in [5.41, 5.74) is 0.219. The second-order valence-corrected chi connectivity index (χ2v) is 6.20. The molecule has 108 valence electrons. The molecule has 1 aliphatic rings. The molecule has 0 aliphatic carbocycles. The highest BCUT2D eigenvalue weighted by Gasteiger charge is 2.33. The van der Waals surface area contributed by atoms with Crippen LogP contribution in [0.3, 0.4) is 0 Å². The summed E-state index contributed by atoms with van der Waals surface area (Å²) in [5.74, 6) is -0.0161. The van der Waals surface area contributed by atoms with Gasteiger partial charge >= 0.3 is 6.09 Å². The van der Waals surface area contributed by atoms with Crippen LogP contribution in [0.15, 0.2) is 11.8 Å². The van der Waals surface area contributed by atoms with Crippen LogP contribution in [0.2, 0.25) is 0 Å². The molecule has 0 bridgehead atoms. The first kappa shape index (κ1) is 15.5. The Kier molecular flexibility index (Phi) is 4.61. The number of hydrogen-bond acceptors (Lipinski definition) is 4. The summed E-state index contributed by atoms with van der Waals surface area (Å²) in [6.45, 7) is 7.48. The molecule has 0 spiro atoms. The first-order valence-corrected chi connectivity index (χ1v) is 6.50. The van der Waals surface area contributed by atoms with Gasteiger partial charge in [-0.2, -0.15) is 0 Å². The summed E-state index contributed by atoms with van der Waals surface area (Å²) in [7, 11) is 3.76. The van der Waals surface area contributed by atoms with Gasteiger partial charge in [-0.25, -0.2) is 4.79 Å². The number of carbonyl (C=O) groups is 2. The molecule has 0 N–H and O–H groups in total. The highest BCUT2D eigenvalue weighted by atomic mass is 16.6. The summed E-state index contributed by atoms with van der Waals surface area (Å²) >= 11 is 0. The quantitative estimate of drug-likeness (QED) is 0.683. The van der Waals surface area contributed by atoms with Crippen molar-refractivity contribution in [1.82, 2.24) is 9.80 Å². The van der Waals surface area contributed by atoms with Gasteiger partial charge in [-0.15, -0.1) is 0 Å². The Morgan fingerprint density at radius 3 is 2.47 bits per heavy atom. The van der Waals surface area contributed by atoms with Crippen molar-refractivity contribution in [2.45, 2.75) is 45.8 Å². The lowest BCUT2D eigenvalue weighted by Gasteiger charge is -2.35. The van der Waals surface area contributed by atoms with E-state index in [9.17, 15) is 9.59 Å². The molecule has 0 saturated carbocycles. The highest BCUT2D eigenvalue weighted by molar-refractivity contribution is 5.99. The molecule has 5 nitrogen and oxygen atoms in total. The molecule has 1 atom stereocenters. The Hall–Kier alpha value is -1.52. The Morgan fingerprint density at radius 1 is 1.42 bits per heavy atom. The molecule has 0 unspecified atom stereocenters. The zero-order chi connectivity index (χ0) is 14.8. The van der Waals surface area contributed by atoms with E-state index in [0.29, 0.717) is 6.42 Å². The van der Waals surface area contributed by atoms with Crippen molar-refractivity contribution in [1.29, 1.82) is 0 Å². The normalized spacial score (nSPS) is 22.6. The van der Waals surface area contributed by atoms with E-state index in [4.69, 9.17) is 4.74 Å². The molecule has 1 fully saturated rings. The van der Waals surface area contributed by atoms with E-state index in [-0.39, 0.29) is 18.4 Å². The number of nitrogens with zero attached hydrogens (tertiary/aromatic N) is 2. The minimum atomic E-state index is -0.542. The maximum Gasteiger partial charge on any atom is 0.410 e. The molecular formula is C14H24N2O3. The van der Waals surface area contributed by atoms with Gasteiger partial charge in [0.15, 0.2) is 5.78 Å². The average Bonchev–Trinajstić information content (AvgIpc) is 2.19. The predicted octanol–water partition coefficient (Wildman–Crippen LogP) is 2.03. The van der Waals surface area contributed by atoms with E-state index in [1.54, 1.807) is 0 Å². The monoisotopic (exact) mass is 268 g/mol. The molecule has 0 radical (unpaired) electrons. The van der Waals surface area contributed by atoms with Crippen LogP contribution in [0.5, 0.6) is 0 Å². The highest BCUT2D eigenvalue weighted by Crippen LogP contribution is 2.22. The fourth-order valence-electron chi connectivity index (χ4n) is 1.96. The Bertz CT molecular complexity index is 394. The predicted molar refractivity (Wildman–Crippen MR) is 73.8 cm³/mol. The van der Waals surface area contributed by atoms with Crippen LogP contribution in [0.25, 0.3) is 0 Å². The van der Waals surface area contributed by atoms with Gasteiger partial charge in [0.2, 0.25) is 0 Å². The molecule has 1 saturated heterocycles. The smallest absolute Gasteiger partial charge is 0.410 e. The van der Waals surface area contributed by atoms with Crippen molar-refractivity contribution in [2.24, 2.45) is 0 Å². The van der Waals surface area contributed by atoms with Crippen LogP contribution in [0.1, 0.15) is 34.1 Å². The van der Waals surface area contributed by atoms with E-state index in [1.165, 1.54) is 4.90 Å². The maximum absolute atomic E-state index is 12.0. The Morgan fingerprint density at radius 2 is 2.00 bits per heavy atom.